The van der Waals surface area contributed by atoms with Crippen LogP contribution in [-0.2, 0) is 4.79 Å². The first kappa shape index (κ1) is 15.7. The number of primary amides is 1. The van der Waals surface area contributed by atoms with Crippen molar-refractivity contribution in [3.05, 3.63) is 59.1 Å². The molecule has 0 aromatic heterocycles. The Labute approximate surface area is 133 Å². The van der Waals surface area contributed by atoms with E-state index in [0.717, 1.165) is 21.2 Å². The summed E-state index contributed by atoms with van der Waals surface area (Å²) >= 11 is 7.34. The lowest BCUT2D eigenvalue weighted by molar-refractivity contribution is -0.115. The fraction of sp³-hybridized carbons (Fsp3) is 0.188. The minimum Gasteiger partial charge on any atom is -0.378 e. The van der Waals surface area contributed by atoms with E-state index in [2.05, 4.69) is 12.2 Å². The summed E-state index contributed by atoms with van der Waals surface area (Å²) in [6.07, 6.45) is 0. The summed E-state index contributed by atoms with van der Waals surface area (Å²) in [5.41, 5.74) is 7.34. The Morgan fingerprint density at radius 2 is 1.90 bits per heavy atom. The van der Waals surface area contributed by atoms with Gasteiger partial charge < -0.3 is 11.1 Å². The largest absolute Gasteiger partial charge is 0.378 e. The Bertz CT molecular complexity index is 616. The van der Waals surface area contributed by atoms with Crippen molar-refractivity contribution in [2.24, 2.45) is 5.73 Å². The molecular weight excluding hydrogens is 304 g/mol. The molecular formula is C16H17ClN2OS. The molecule has 5 heteroatoms. The van der Waals surface area contributed by atoms with E-state index in [9.17, 15) is 4.79 Å². The Morgan fingerprint density at radius 1 is 1.24 bits per heavy atom. The van der Waals surface area contributed by atoms with Crippen LogP contribution in [0.2, 0.25) is 5.02 Å². The van der Waals surface area contributed by atoms with Gasteiger partial charge in [0, 0.05) is 21.6 Å². The van der Waals surface area contributed by atoms with Crippen LogP contribution in [0.4, 0.5) is 5.69 Å². The highest BCUT2D eigenvalue weighted by Crippen LogP contribution is 2.30. The first-order chi connectivity index (χ1) is 10.1. The lowest BCUT2D eigenvalue weighted by Crippen LogP contribution is -2.13. The predicted molar refractivity (Wildman–Crippen MR) is 89.9 cm³/mol. The molecule has 110 valence electrons. The molecule has 3 N–H and O–H groups in total. The summed E-state index contributed by atoms with van der Waals surface area (Å²) in [5, 5.41) is 4.18. The Morgan fingerprint density at radius 3 is 2.57 bits per heavy atom. The molecule has 0 bridgehead atoms. The standard InChI is InChI=1S/C16H17ClN2OS/c1-11(12-6-8-13(17)9-7-12)19-14-4-2-3-5-15(14)21-10-16(18)20/h2-9,11,19H,10H2,1H3,(H2,18,20). The molecule has 0 saturated heterocycles. The minimum atomic E-state index is -0.319. The third-order valence-corrected chi connectivity index (χ3v) is 4.35. The number of hydrogen-bond acceptors (Lipinski definition) is 3. The summed E-state index contributed by atoms with van der Waals surface area (Å²) in [5.74, 6) is -0.0471. The zero-order valence-corrected chi connectivity index (χ0v) is 13.2. The van der Waals surface area contributed by atoms with Crippen molar-refractivity contribution in [2.45, 2.75) is 17.9 Å². The molecule has 21 heavy (non-hydrogen) atoms. The number of hydrogen-bond donors (Lipinski definition) is 2. The summed E-state index contributed by atoms with van der Waals surface area (Å²) in [7, 11) is 0. The van der Waals surface area contributed by atoms with E-state index in [1.165, 1.54) is 11.8 Å². The smallest absolute Gasteiger partial charge is 0.227 e. The van der Waals surface area contributed by atoms with Crippen LogP contribution in [0.1, 0.15) is 18.5 Å². The molecule has 0 heterocycles. The van der Waals surface area contributed by atoms with Crippen LogP contribution in [0.3, 0.4) is 0 Å². The molecule has 0 aliphatic heterocycles. The van der Waals surface area contributed by atoms with Gasteiger partial charge in [-0.15, -0.1) is 11.8 Å². The van der Waals surface area contributed by atoms with Crippen molar-refractivity contribution in [1.82, 2.24) is 0 Å². The number of anilines is 1. The van der Waals surface area contributed by atoms with Crippen molar-refractivity contribution < 1.29 is 4.79 Å². The Balaban J connectivity index is 2.11. The second-order valence-electron chi connectivity index (χ2n) is 4.67. The maximum absolute atomic E-state index is 10.9. The molecule has 2 rings (SSSR count). The number of para-hydroxylation sites is 1. The third-order valence-electron chi connectivity index (χ3n) is 3.00. The number of nitrogens with one attached hydrogen (secondary N) is 1. The minimum absolute atomic E-state index is 0.137. The maximum Gasteiger partial charge on any atom is 0.227 e. The van der Waals surface area contributed by atoms with Gasteiger partial charge in [0.2, 0.25) is 5.91 Å². The van der Waals surface area contributed by atoms with Crippen LogP contribution in [0.15, 0.2) is 53.4 Å². The van der Waals surface area contributed by atoms with Gasteiger partial charge in [0.25, 0.3) is 0 Å². The summed E-state index contributed by atoms with van der Waals surface area (Å²) < 4.78 is 0. The third kappa shape index (κ3) is 4.69. The lowest BCUT2D eigenvalue weighted by Gasteiger charge is -2.18. The highest BCUT2D eigenvalue weighted by molar-refractivity contribution is 8.00. The number of rotatable bonds is 6. The van der Waals surface area contributed by atoms with Crippen molar-refractivity contribution in [2.75, 3.05) is 11.1 Å². The zero-order valence-electron chi connectivity index (χ0n) is 11.7. The maximum atomic E-state index is 10.9. The average molecular weight is 321 g/mol. The molecule has 1 atom stereocenters. The molecule has 1 unspecified atom stereocenters. The lowest BCUT2D eigenvalue weighted by atomic mass is 10.1. The van der Waals surface area contributed by atoms with Gasteiger partial charge in [0.1, 0.15) is 0 Å². The zero-order chi connectivity index (χ0) is 15.2. The highest BCUT2D eigenvalue weighted by Gasteiger charge is 2.09. The van der Waals surface area contributed by atoms with Crippen LogP contribution < -0.4 is 11.1 Å². The van der Waals surface area contributed by atoms with Gasteiger partial charge >= 0.3 is 0 Å². The van der Waals surface area contributed by atoms with Crippen LogP contribution in [0.25, 0.3) is 0 Å². The Kier molecular flexibility index (Phi) is 5.53. The van der Waals surface area contributed by atoms with Crippen molar-refractivity contribution >= 4 is 35.0 Å². The number of nitrogens with two attached hydrogens (primary N) is 1. The van der Waals surface area contributed by atoms with Gasteiger partial charge in [-0.3, -0.25) is 4.79 Å². The predicted octanol–water partition coefficient (Wildman–Crippen LogP) is 4.09. The normalized spacial score (nSPS) is 11.9. The molecule has 2 aromatic rings. The topological polar surface area (TPSA) is 55.1 Å². The number of thioether (sulfide) groups is 1. The second kappa shape index (κ2) is 7.38. The second-order valence-corrected chi connectivity index (χ2v) is 6.12. The van der Waals surface area contributed by atoms with Crippen LogP contribution in [0.5, 0.6) is 0 Å². The van der Waals surface area contributed by atoms with Crippen molar-refractivity contribution in [3.63, 3.8) is 0 Å². The fourth-order valence-corrected chi connectivity index (χ4v) is 2.81. The first-order valence-corrected chi connectivity index (χ1v) is 7.95. The molecule has 0 spiro atoms. The van der Waals surface area contributed by atoms with Crippen molar-refractivity contribution in [3.8, 4) is 0 Å². The molecule has 1 amide bonds. The van der Waals surface area contributed by atoms with E-state index in [1.807, 2.05) is 48.5 Å². The van der Waals surface area contributed by atoms with E-state index in [0.29, 0.717) is 0 Å². The molecule has 0 fully saturated rings. The van der Waals surface area contributed by atoms with E-state index < -0.39 is 0 Å². The molecule has 0 aliphatic rings. The average Bonchev–Trinajstić information content (AvgIpc) is 2.47. The van der Waals surface area contributed by atoms with Gasteiger partial charge in [-0.05, 0) is 36.8 Å². The summed E-state index contributed by atoms with van der Waals surface area (Å²) in [4.78, 5) is 11.9. The van der Waals surface area contributed by atoms with E-state index >= 15 is 0 Å². The van der Waals surface area contributed by atoms with Gasteiger partial charge in [0.15, 0.2) is 0 Å². The van der Waals surface area contributed by atoms with E-state index in [4.69, 9.17) is 17.3 Å². The first-order valence-electron chi connectivity index (χ1n) is 6.58. The number of carbonyl (C=O) groups excluding carboxylic acids is 1. The SMILES string of the molecule is CC(Nc1ccccc1SCC(N)=O)c1ccc(Cl)cc1. The molecule has 0 radical (unpaired) electrons. The monoisotopic (exact) mass is 320 g/mol. The van der Waals surface area contributed by atoms with Crippen LogP contribution in [0, 0.1) is 0 Å². The molecule has 3 nitrogen and oxygen atoms in total. The van der Waals surface area contributed by atoms with Gasteiger partial charge in [-0.25, -0.2) is 0 Å². The number of benzene rings is 2. The van der Waals surface area contributed by atoms with E-state index in [-0.39, 0.29) is 17.7 Å². The number of halogens is 1. The molecule has 2 aromatic carbocycles. The quantitative estimate of drug-likeness (QED) is 0.788. The van der Waals surface area contributed by atoms with Crippen LogP contribution >= 0.6 is 23.4 Å². The van der Waals surface area contributed by atoms with E-state index in [1.54, 1.807) is 0 Å². The molecule has 0 saturated carbocycles. The fourth-order valence-electron chi connectivity index (χ4n) is 1.93. The van der Waals surface area contributed by atoms with Gasteiger partial charge in [-0.1, -0.05) is 35.9 Å². The summed E-state index contributed by atoms with van der Waals surface area (Å²) in [6.45, 7) is 2.08. The van der Waals surface area contributed by atoms with Gasteiger partial charge in [0.05, 0.1) is 5.75 Å². The highest BCUT2D eigenvalue weighted by atomic mass is 35.5. The van der Waals surface area contributed by atoms with Crippen molar-refractivity contribution in [1.29, 1.82) is 0 Å². The van der Waals surface area contributed by atoms with Gasteiger partial charge in [-0.2, -0.15) is 0 Å². The van der Waals surface area contributed by atoms with Crippen LogP contribution in [-0.4, -0.2) is 11.7 Å². The number of carbonyl (C=O) groups is 1. The number of amides is 1. The molecule has 0 aliphatic carbocycles. The summed E-state index contributed by atoms with van der Waals surface area (Å²) in [6, 6.07) is 15.8. The Hall–Kier alpha value is -1.65.